The maximum atomic E-state index is 13.2. The molecule has 1 amide bonds. The van der Waals surface area contributed by atoms with Gasteiger partial charge in [0.25, 0.3) is 5.91 Å². The Labute approximate surface area is 172 Å². The summed E-state index contributed by atoms with van der Waals surface area (Å²) < 4.78 is 25.5. The van der Waals surface area contributed by atoms with E-state index in [1.807, 2.05) is 18.2 Å². The number of hydrogen-bond donors (Lipinski definition) is 1. The van der Waals surface area contributed by atoms with E-state index in [9.17, 15) is 9.18 Å². The Balaban J connectivity index is 1.57. The molecule has 0 atom stereocenters. The van der Waals surface area contributed by atoms with Crippen LogP contribution in [0, 0.1) is 5.82 Å². The van der Waals surface area contributed by atoms with Gasteiger partial charge in [0.05, 0.1) is 37.2 Å². The van der Waals surface area contributed by atoms with Crippen molar-refractivity contribution >= 4 is 16.8 Å². The molecule has 0 aliphatic heterocycles. The average molecular weight is 405 g/mol. The molecule has 0 saturated heterocycles. The molecule has 152 valence electrons. The molecule has 0 unspecified atom stereocenters. The van der Waals surface area contributed by atoms with Crippen molar-refractivity contribution in [3.63, 3.8) is 0 Å². The van der Waals surface area contributed by atoms with Gasteiger partial charge in [-0.15, -0.1) is 0 Å². The Kier molecular flexibility index (Phi) is 5.34. The third-order valence-corrected chi connectivity index (χ3v) is 4.83. The number of methoxy groups -OCH3 is 2. The first kappa shape index (κ1) is 19.4. The predicted molar refractivity (Wildman–Crippen MR) is 112 cm³/mol. The van der Waals surface area contributed by atoms with E-state index in [-0.39, 0.29) is 11.7 Å². The lowest BCUT2D eigenvalue weighted by Crippen LogP contribution is -2.23. The number of nitrogens with zero attached hydrogens (tertiary/aromatic N) is 2. The van der Waals surface area contributed by atoms with E-state index in [4.69, 9.17) is 9.47 Å². The van der Waals surface area contributed by atoms with Gasteiger partial charge in [0.1, 0.15) is 5.82 Å². The number of nitrogens with one attached hydrogen (secondary N) is 1. The Morgan fingerprint density at radius 3 is 2.53 bits per heavy atom. The maximum Gasteiger partial charge on any atom is 0.252 e. The molecule has 7 heteroatoms. The van der Waals surface area contributed by atoms with Gasteiger partial charge in [-0.3, -0.25) is 4.79 Å². The zero-order chi connectivity index (χ0) is 21.1. The van der Waals surface area contributed by atoms with Crippen LogP contribution in [0.5, 0.6) is 11.5 Å². The Morgan fingerprint density at radius 1 is 1.03 bits per heavy atom. The maximum absolute atomic E-state index is 13.2. The summed E-state index contributed by atoms with van der Waals surface area (Å²) in [5.41, 5.74) is 2.88. The number of carbonyl (C=O) groups excluding carboxylic acids is 1. The summed E-state index contributed by atoms with van der Waals surface area (Å²) in [6.45, 7) is 0.335. The summed E-state index contributed by atoms with van der Waals surface area (Å²) in [7, 11) is 3.14. The van der Waals surface area contributed by atoms with Crippen LogP contribution in [0.2, 0.25) is 0 Å². The fourth-order valence-electron chi connectivity index (χ4n) is 3.31. The van der Waals surface area contributed by atoms with Crippen molar-refractivity contribution in [2.24, 2.45) is 0 Å². The second-order valence-electron chi connectivity index (χ2n) is 6.64. The monoisotopic (exact) mass is 405 g/mol. The number of ether oxygens (including phenoxy) is 2. The lowest BCUT2D eigenvalue weighted by Gasteiger charge is -2.11. The predicted octanol–water partition coefficient (Wildman–Crippen LogP) is 4.11. The van der Waals surface area contributed by atoms with Crippen LogP contribution in [0.15, 0.2) is 66.9 Å². The molecular formula is C23H20FN3O3. The Morgan fingerprint density at radius 2 is 1.80 bits per heavy atom. The molecule has 0 fully saturated rings. The molecule has 0 bridgehead atoms. The van der Waals surface area contributed by atoms with Gasteiger partial charge in [0.15, 0.2) is 11.5 Å². The molecule has 4 aromatic rings. The molecule has 0 spiro atoms. The van der Waals surface area contributed by atoms with Gasteiger partial charge in [-0.05, 0) is 54.1 Å². The van der Waals surface area contributed by atoms with Crippen molar-refractivity contribution < 1.29 is 18.7 Å². The summed E-state index contributed by atoms with van der Waals surface area (Å²) >= 11 is 0. The lowest BCUT2D eigenvalue weighted by atomic mass is 10.1. The van der Waals surface area contributed by atoms with Crippen LogP contribution in [-0.2, 0) is 6.54 Å². The number of hydrogen-bond acceptors (Lipinski definition) is 4. The molecule has 3 aromatic carbocycles. The minimum Gasteiger partial charge on any atom is -0.493 e. The van der Waals surface area contributed by atoms with Gasteiger partial charge in [0, 0.05) is 11.9 Å². The quantitative estimate of drug-likeness (QED) is 0.524. The first-order chi connectivity index (χ1) is 14.6. The van der Waals surface area contributed by atoms with Gasteiger partial charge in [0.2, 0.25) is 0 Å². The van der Waals surface area contributed by atoms with Gasteiger partial charge >= 0.3 is 0 Å². The second kappa shape index (κ2) is 8.24. The number of aromatic nitrogens is 2. The van der Waals surface area contributed by atoms with Crippen LogP contribution < -0.4 is 14.8 Å². The Bertz CT molecular complexity index is 1200. The van der Waals surface area contributed by atoms with Crippen LogP contribution in [0.3, 0.4) is 0 Å². The van der Waals surface area contributed by atoms with E-state index in [2.05, 4.69) is 10.4 Å². The zero-order valence-electron chi connectivity index (χ0n) is 16.6. The molecule has 0 aliphatic rings. The van der Waals surface area contributed by atoms with E-state index in [0.717, 1.165) is 11.1 Å². The van der Waals surface area contributed by atoms with Crippen molar-refractivity contribution in [2.75, 3.05) is 14.2 Å². The minimum atomic E-state index is -0.314. The van der Waals surface area contributed by atoms with Crippen molar-refractivity contribution in [1.29, 1.82) is 0 Å². The van der Waals surface area contributed by atoms with Crippen LogP contribution in [-0.4, -0.2) is 29.9 Å². The lowest BCUT2D eigenvalue weighted by molar-refractivity contribution is 0.0952. The molecule has 1 heterocycles. The summed E-state index contributed by atoms with van der Waals surface area (Å²) in [6.07, 6.45) is 1.64. The fraction of sp³-hybridized carbons (Fsp3) is 0.130. The van der Waals surface area contributed by atoms with E-state index >= 15 is 0 Å². The van der Waals surface area contributed by atoms with Crippen LogP contribution in [0.25, 0.3) is 16.6 Å². The SMILES string of the molecule is COc1ccc(CNC(=O)c2cccc3c2cnn3-c2ccc(F)cc2)cc1OC. The molecule has 0 aliphatic carbocycles. The summed E-state index contributed by atoms with van der Waals surface area (Å²) in [4.78, 5) is 12.8. The minimum absolute atomic E-state index is 0.214. The summed E-state index contributed by atoms with van der Waals surface area (Å²) in [5.74, 6) is 0.706. The standard InChI is InChI=1S/C23H20FN3O3/c1-29-21-11-6-15(12-22(21)30-2)13-25-23(28)18-4-3-5-20-19(18)14-26-27(20)17-9-7-16(24)8-10-17/h3-12,14H,13H2,1-2H3,(H,25,28). The normalized spacial score (nSPS) is 10.8. The Hall–Kier alpha value is -3.87. The van der Waals surface area contributed by atoms with Gasteiger partial charge in [-0.25, -0.2) is 9.07 Å². The topological polar surface area (TPSA) is 65.4 Å². The number of amides is 1. The smallest absolute Gasteiger partial charge is 0.252 e. The van der Waals surface area contributed by atoms with Crippen LogP contribution in [0.1, 0.15) is 15.9 Å². The van der Waals surface area contributed by atoms with E-state index < -0.39 is 0 Å². The molecule has 30 heavy (non-hydrogen) atoms. The first-order valence-electron chi connectivity index (χ1n) is 9.32. The highest BCUT2D eigenvalue weighted by Gasteiger charge is 2.14. The second-order valence-corrected chi connectivity index (χ2v) is 6.64. The van der Waals surface area contributed by atoms with E-state index in [0.29, 0.717) is 34.7 Å². The highest BCUT2D eigenvalue weighted by Crippen LogP contribution is 2.27. The third-order valence-electron chi connectivity index (χ3n) is 4.83. The fourth-order valence-corrected chi connectivity index (χ4v) is 3.31. The summed E-state index contributed by atoms with van der Waals surface area (Å²) in [5, 5.41) is 8.03. The van der Waals surface area contributed by atoms with Crippen molar-refractivity contribution in [3.8, 4) is 17.2 Å². The molecule has 4 rings (SSSR count). The van der Waals surface area contributed by atoms with Crippen LogP contribution >= 0.6 is 0 Å². The molecule has 0 saturated carbocycles. The molecule has 6 nitrogen and oxygen atoms in total. The van der Waals surface area contributed by atoms with Crippen LogP contribution in [0.4, 0.5) is 4.39 Å². The average Bonchev–Trinajstić information content (AvgIpc) is 3.22. The van der Waals surface area contributed by atoms with Crippen molar-refractivity contribution in [3.05, 3.63) is 83.8 Å². The van der Waals surface area contributed by atoms with Gasteiger partial charge < -0.3 is 14.8 Å². The molecule has 1 aromatic heterocycles. The highest BCUT2D eigenvalue weighted by atomic mass is 19.1. The van der Waals surface area contributed by atoms with E-state index in [1.54, 1.807) is 55.4 Å². The van der Waals surface area contributed by atoms with Gasteiger partial charge in [-0.2, -0.15) is 5.10 Å². The number of fused-ring (bicyclic) bond motifs is 1. The van der Waals surface area contributed by atoms with Gasteiger partial charge in [-0.1, -0.05) is 12.1 Å². The largest absolute Gasteiger partial charge is 0.493 e. The van der Waals surface area contributed by atoms with Crippen molar-refractivity contribution in [1.82, 2.24) is 15.1 Å². The number of halogens is 1. The molecule has 1 N–H and O–H groups in total. The van der Waals surface area contributed by atoms with Crippen molar-refractivity contribution in [2.45, 2.75) is 6.54 Å². The zero-order valence-corrected chi connectivity index (χ0v) is 16.6. The first-order valence-corrected chi connectivity index (χ1v) is 9.32. The third kappa shape index (κ3) is 3.69. The number of carbonyl (C=O) groups is 1. The molecular weight excluding hydrogens is 385 g/mol. The number of rotatable bonds is 6. The number of benzene rings is 3. The molecule has 0 radical (unpaired) electrons. The highest BCUT2D eigenvalue weighted by molar-refractivity contribution is 6.06. The summed E-state index contributed by atoms with van der Waals surface area (Å²) in [6, 6.07) is 17.0. The van der Waals surface area contributed by atoms with E-state index in [1.165, 1.54) is 12.1 Å².